The first kappa shape index (κ1) is 17.7. The van der Waals surface area contributed by atoms with E-state index in [2.05, 4.69) is 32.0 Å². The second kappa shape index (κ2) is 6.64. The predicted molar refractivity (Wildman–Crippen MR) is 98.5 cm³/mol. The normalized spacial score (nSPS) is 17.2. The molecule has 132 valence electrons. The van der Waals surface area contributed by atoms with Gasteiger partial charge in [-0.25, -0.2) is 8.42 Å². The molecule has 1 atom stereocenters. The summed E-state index contributed by atoms with van der Waals surface area (Å²) in [5.41, 5.74) is 4.17. The Morgan fingerprint density at radius 3 is 2.64 bits per heavy atom. The summed E-state index contributed by atoms with van der Waals surface area (Å²) in [7, 11) is -3.33. The number of sulfone groups is 1. The van der Waals surface area contributed by atoms with E-state index >= 15 is 0 Å². The minimum absolute atomic E-state index is 0.0266. The fourth-order valence-electron chi connectivity index (χ4n) is 3.55. The number of carbonyl (C=O) groups is 1. The molecule has 0 N–H and O–H groups in total. The Morgan fingerprint density at radius 2 is 1.96 bits per heavy atom. The van der Waals surface area contributed by atoms with Crippen LogP contribution in [0.15, 0.2) is 47.4 Å². The van der Waals surface area contributed by atoms with Gasteiger partial charge in [-0.2, -0.15) is 0 Å². The van der Waals surface area contributed by atoms with Gasteiger partial charge in [0.1, 0.15) is 0 Å². The van der Waals surface area contributed by atoms with Crippen molar-refractivity contribution in [3.8, 4) is 0 Å². The van der Waals surface area contributed by atoms with E-state index < -0.39 is 9.84 Å². The fraction of sp³-hybridized carbons (Fsp3) is 0.350. The average Bonchev–Trinajstić information content (AvgIpc) is 2.59. The molecule has 0 spiro atoms. The van der Waals surface area contributed by atoms with Crippen LogP contribution in [0.1, 0.15) is 46.4 Å². The van der Waals surface area contributed by atoms with Crippen LogP contribution in [0, 0.1) is 6.92 Å². The van der Waals surface area contributed by atoms with Crippen LogP contribution in [0.5, 0.6) is 0 Å². The Labute approximate surface area is 149 Å². The molecule has 1 aliphatic rings. The highest BCUT2D eigenvalue weighted by Gasteiger charge is 2.30. The molecule has 0 saturated carbocycles. The van der Waals surface area contributed by atoms with Crippen molar-refractivity contribution < 1.29 is 13.2 Å². The summed E-state index contributed by atoms with van der Waals surface area (Å²) in [6.07, 6.45) is 2.81. The molecular weight excluding hydrogens is 334 g/mol. The van der Waals surface area contributed by atoms with Crippen LogP contribution in [-0.4, -0.2) is 32.0 Å². The van der Waals surface area contributed by atoms with Crippen molar-refractivity contribution >= 4 is 15.7 Å². The number of hydrogen-bond acceptors (Lipinski definition) is 3. The number of nitrogens with zero attached hydrogens (tertiary/aromatic N) is 1. The number of hydrogen-bond donors (Lipinski definition) is 0. The predicted octanol–water partition coefficient (Wildman–Crippen LogP) is 3.55. The first-order valence-corrected chi connectivity index (χ1v) is 10.4. The molecule has 0 radical (unpaired) electrons. The van der Waals surface area contributed by atoms with Gasteiger partial charge in [-0.05, 0) is 49.1 Å². The number of benzene rings is 2. The van der Waals surface area contributed by atoms with Crippen LogP contribution in [-0.2, 0) is 16.3 Å². The molecule has 0 aromatic heterocycles. The monoisotopic (exact) mass is 357 g/mol. The molecule has 1 unspecified atom stereocenters. The summed E-state index contributed by atoms with van der Waals surface area (Å²) in [6.45, 7) is 4.80. The van der Waals surface area contributed by atoms with Gasteiger partial charge in [0.15, 0.2) is 9.84 Å². The maximum Gasteiger partial charge on any atom is 0.254 e. The molecule has 0 fully saturated rings. The van der Waals surface area contributed by atoms with Gasteiger partial charge in [0.2, 0.25) is 0 Å². The highest BCUT2D eigenvalue weighted by atomic mass is 32.2. The van der Waals surface area contributed by atoms with Gasteiger partial charge < -0.3 is 4.90 Å². The lowest BCUT2D eigenvalue weighted by Crippen LogP contribution is -2.40. The molecule has 2 aromatic carbocycles. The van der Waals surface area contributed by atoms with Crippen LogP contribution in [0.3, 0.4) is 0 Å². The minimum Gasteiger partial charge on any atom is -0.331 e. The van der Waals surface area contributed by atoms with Gasteiger partial charge >= 0.3 is 0 Å². The molecule has 0 bridgehead atoms. The molecule has 1 amide bonds. The molecule has 0 aliphatic carbocycles. The number of rotatable bonds is 3. The standard InChI is InChI=1S/C20H23NO3S/c1-4-19-18-9-8-14(2)12-15(18)10-11-21(19)20(22)16-6-5-7-17(13-16)25(3,23)24/h5-9,12-13,19H,4,10-11H2,1-3H3. The van der Waals surface area contributed by atoms with E-state index in [-0.39, 0.29) is 16.8 Å². The Bertz CT molecular complexity index is 918. The first-order chi connectivity index (χ1) is 11.8. The van der Waals surface area contributed by atoms with Gasteiger partial charge in [-0.1, -0.05) is 36.8 Å². The smallest absolute Gasteiger partial charge is 0.254 e. The summed E-state index contributed by atoms with van der Waals surface area (Å²) < 4.78 is 23.6. The average molecular weight is 357 g/mol. The zero-order chi connectivity index (χ0) is 18.2. The molecular formula is C20H23NO3S. The number of aryl methyl sites for hydroxylation is 1. The number of fused-ring (bicyclic) bond motifs is 1. The number of carbonyl (C=O) groups excluding carboxylic acids is 1. The van der Waals surface area contributed by atoms with E-state index in [1.54, 1.807) is 12.1 Å². The summed E-state index contributed by atoms with van der Waals surface area (Å²) in [4.78, 5) is 15.1. The van der Waals surface area contributed by atoms with Crippen molar-refractivity contribution in [3.05, 3.63) is 64.7 Å². The lowest BCUT2D eigenvalue weighted by molar-refractivity contribution is 0.0655. The van der Waals surface area contributed by atoms with Crippen molar-refractivity contribution in [1.82, 2.24) is 4.90 Å². The molecule has 2 aromatic rings. The lowest BCUT2D eigenvalue weighted by atomic mass is 9.89. The molecule has 1 aliphatic heterocycles. The quantitative estimate of drug-likeness (QED) is 0.844. The highest BCUT2D eigenvalue weighted by Crippen LogP contribution is 2.33. The summed E-state index contributed by atoms with van der Waals surface area (Å²) >= 11 is 0. The van der Waals surface area contributed by atoms with E-state index in [0.29, 0.717) is 12.1 Å². The third-order valence-corrected chi connectivity index (χ3v) is 5.92. The molecule has 4 nitrogen and oxygen atoms in total. The van der Waals surface area contributed by atoms with Crippen molar-refractivity contribution in [2.45, 2.75) is 37.6 Å². The third-order valence-electron chi connectivity index (χ3n) is 4.81. The second-order valence-electron chi connectivity index (χ2n) is 6.67. The Morgan fingerprint density at radius 1 is 1.20 bits per heavy atom. The van der Waals surface area contributed by atoms with Gasteiger partial charge in [-0.15, -0.1) is 0 Å². The lowest BCUT2D eigenvalue weighted by Gasteiger charge is -2.37. The topological polar surface area (TPSA) is 54.5 Å². The first-order valence-electron chi connectivity index (χ1n) is 8.51. The van der Waals surface area contributed by atoms with Crippen LogP contribution in [0.25, 0.3) is 0 Å². The summed E-state index contributed by atoms with van der Waals surface area (Å²) in [5, 5.41) is 0. The van der Waals surface area contributed by atoms with Gasteiger partial charge in [0, 0.05) is 18.4 Å². The van der Waals surface area contributed by atoms with E-state index in [0.717, 1.165) is 19.1 Å². The Hall–Kier alpha value is -2.14. The van der Waals surface area contributed by atoms with Crippen LogP contribution < -0.4 is 0 Å². The van der Waals surface area contributed by atoms with E-state index in [1.807, 2.05) is 4.90 Å². The highest BCUT2D eigenvalue weighted by molar-refractivity contribution is 7.90. The van der Waals surface area contributed by atoms with Crippen LogP contribution in [0.2, 0.25) is 0 Å². The SMILES string of the molecule is CCC1c2ccc(C)cc2CCN1C(=O)c1cccc(S(C)(=O)=O)c1. The van der Waals surface area contributed by atoms with Crippen molar-refractivity contribution in [2.75, 3.05) is 12.8 Å². The largest absolute Gasteiger partial charge is 0.331 e. The van der Waals surface area contributed by atoms with Crippen molar-refractivity contribution in [2.24, 2.45) is 0 Å². The molecule has 25 heavy (non-hydrogen) atoms. The molecule has 0 saturated heterocycles. The number of amides is 1. The van der Waals surface area contributed by atoms with E-state index in [1.165, 1.54) is 28.8 Å². The zero-order valence-corrected chi connectivity index (χ0v) is 15.6. The Kier molecular flexibility index (Phi) is 4.69. The van der Waals surface area contributed by atoms with Gasteiger partial charge in [0.05, 0.1) is 10.9 Å². The van der Waals surface area contributed by atoms with E-state index in [4.69, 9.17) is 0 Å². The zero-order valence-electron chi connectivity index (χ0n) is 14.8. The maximum absolute atomic E-state index is 13.1. The molecule has 1 heterocycles. The molecule has 5 heteroatoms. The second-order valence-corrected chi connectivity index (χ2v) is 8.69. The van der Waals surface area contributed by atoms with Gasteiger partial charge in [0.25, 0.3) is 5.91 Å². The van der Waals surface area contributed by atoms with E-state index in [9.17, 15) is 13.2 Å². The maximum atomic E-state index is 13.1. The minimum atomic E-state index is -3.33. The molecule has 3 rings (SSSR count). The van der Waals surface area contributed by atoms with Crippen LogP contribution in [0.4, 0.5) is 0 Å². The summed E-state index contributed by atoms with van der Waals surface area (Å²) in [6, 6.07) is 12.8. The van der Waals surface area contributed by atoms with Gasteiger partial charge in [-0.3, -0.25) is 4.79 Å². The Balaban J connectivity index is 1.96. The third kappa shape index (κ3) is 3.47. The van der Waals surface area contributed by atoms with Crippen molar-refractivity contribution in [3.63, 3.8) is 0 Å². The van der Waals surface area contributed by atoms with Crippen LogP contribution >= 0.6 is 0 Å². The van der Waals surface area contributed by atoms with Crippen molar-refractivity contribution in [1.29, 1.82) is 0 Å². The summed E-state index contributed by atoms with van der Waals surface area (Å²) in [5.74, 6) is -0.108. The fourth-order valence-corrected chi connectivity index (χ4v) is 4.22.